The molecule has 0 radical (unpaired) electrons. The highest BCUT2D eigenvalue weighted by Gasteiger charge is 2.20. The molecule has 1 rings (SSSR count). The summed E-state index contributed by atoms with van der Waals surface area (Å²) in [6, 6.07) is 0. The fourth-order valence-electron chi connectivity index (χ4n) is 2.31. The van der Waals surface area contributed by atoms with Gasteiger partial charge in [0.25, 0.3) is 0 Å². The average molecular weight is 246 g/mol. The summed E-state index contributed by atoms with van der Waals surface area (Å²) in [4.78, 5) is 11.9. The summed E-state index contributed by atoms with van der Waals surface area (Å²) in [5.41, 5.74) is 0. The molecule has 1 aliphatic carbocycles. The van der Waals surface area contributed by atoms with Crippen molar-refractivity contribution in [2.45, 2.75) is 63.7 Å². The molecule has 0 aliphatic heterocycles. The molecule has 1 saturated carbocycles. The van der Waals surface area contributed by atoms with Gasteiger partial charge in [0.15, 0.2) is 0 Å². The molecule has 0 saturated heterocycles. The van der Waals surface area contributed by atoms with E-state index >= 15 is 0 Å². The zero-order chi connectivity index (χ0) is 11.8. The smallest absolute Gasteiger partial charge is 0.223 e. The minimum absolute atomic E-state index is 0.0970. The number of rotatable bonds is 5. The highest BCUT2D eigenvalue weighted by Crippen LogP contribution is 2.22. The van der Waals surface area contributed by atoms with Crippen molar-refractivity contribution in [2.75, 3.05) is 6.54 Å². The molecule has 0 aromatic rings. The molecule has 1 N–H and O–H groups in total. The third-order valence-electron chi connectivity index (χ3n) is 3.33. The summed E-state index contributed by atoms with van der Waals surface area (Å²) in [5.74, 6) is 0.469. The van der Waals surface area contributed by atoms with Crippen molar-refractivity contribution in [1.82, 2.24) is 5.32 Å². The summed E-state index contributed by atoms with van der Waals surface area (Å²) in [5, 5.41) is 3.09. The number of halogens is 1. The summed E-state index contributed by atoms with van der Waals surface area (Å²) >= 11 is 6.08. The third-order valence-corrected chi connectivity index (χ3v) is 3.70. The lowest BCUT2D eigenvalue weighted by atomic mass is 9.99. The summed E-state index contributed by atoms with van der Waals surface area (Å²) in [6.45, 7) is 2.74. The Morgan fingerprint density at radius 2 is 1.94 bits per heavy atom. The lowest BCUT2D eigenvalue weighted by molar-refractivity contribution is -0.125. The van der Waals surface area contributed by atoms with E-state index in [1.165, 1.54) is 25.7 Å². The SMILES string of the molecule is CCCC(Cl)CNC(=O)C1CCCCCC1. The molecule has 1 aliphatic rings. The van der Waals surface area contributed by atoms with Crippen LogP contribution in [0.2, 0.25) is 0 Å². The van der Waals surface area contributed by atoms with E-state index < -0.39 is 0 Å². The van der Waals surface area contributed by atoms with Crippen molar-refractivity contribution in [3.63, 3.8) is 0 Å². The van der Waals surface area contributed by atoms with E-state index in [4.69, 9.17) is 11.6 Å². The first-order valence-electron chi connectivity index (χ1n) is 6.65. The van der Waals surface area contributed by atoms with Crippen molar-refractivity contribution in [3.05, 3.63) is 0 Å². The number of carbonyl (C=O) groups excluding carboxylic acids is 1. The van der Waals surface area contributed by atoms with Crippen LogP contribution in [0.25, 0.3) is 0 Å². The van der Waals surface area contributed by atoms with Crippen molar-refractivity contribution in [1.29, 1.82) is 0 Å². The normalized spacial score (nSPS) is 20.1. The van der Waals surface area contributed by atoms with Gasteiger partial charge in [0.05, 0.1) is 5.38 Å². The Labute approximate surface area is 104 Å². The monoisotopic (exact) mass is 245 g/mol. The highest BCUT2D eigenvalue weighted by molar-refractivity contribution is 6.20. The molecule has 2 nitrogen and oxygen atoms in total. The van der Waals surface area contributed by atoms with Gasteiger partial charge in [-0.1, -0.05) is 39.0 Å². The van der Waals surface area contributed by atoms with E-state index in [9.17, 15) is 4.79 Å². The summed E-state index contributed by atoms with van der Waals surface area (Å²) in [7, 11) is 0. The van der Waals surface area contributed by atoms with Gasteiger partial charge in [-0.05, 0) is 19.3 Å². The Balaban J connectivity index is 2.22. The Morgan fingerprint density at radius 3 is 2.50 bits per heavy atom. The summed E-state index contributed by atoms with van der Waals surface area (Å²) < 4.78 is 0. The molecule has 0 aromatic heterocycles. The molecule has 1 atom stereocenters. The number of nitrogens with one attached hydrogen (secondary N) is 1. The van der Waals surface area contributed by atoms with Crippen LogP contribution in [0.15, 0.2) is 0 Å². The molecule has 16 heavy (non-hydrogen) atoms. The fourth-order valence-corrected chi connectivity index (χ4v) is 2.61. The standard InChI is InChI=1S/C13H24ClNO/c1-2-7-12(14)10-15-13(16)11-8-5-3-4-6-9-11/h11-12H,2-10H2,1H3,(H,15,16). The summed E-state index contributed by atoms with van der Waals surface area (Å²) in [6.07, 6.45) is 9.17. The van der Waals surface area contributed by atoms with Gasteiger partial charge in [0, 0.05) is 12.5 Å². The van der Waals surface area contributed by atoms with Crippen molar-refractivity contribution in [2.24, 2.45) is 5.92 Å². The largest absolute Gasteiger partial charge is 0.354 e. The van der Waals surface area contributed by atoms with E-state index in [-0.39, 0.29) is 17.2 Å². The maximum absolute atomic E-state index is 11.9. The van der Waals surface area contributed by atoms with Crippen LogP contribution in [0.3, 0.4) is 0 Å². The van der Waals surface area contributed by atoms with Gasteiger partial charge < -0.3 is 5.32 Å². The van der Waals surface area contributed by atoms with Crippen molar-refractivity contribution < 1.29 is 4.79 Å². The van der Waals surface area contributed by atoms with Crippen LogP contribution in [-0.4, -0.2) is 17.8 Å². The topological polar surface area (TPSA) is 29.1 Å². The van der Waals surface area contributed by atoms with Crippen LogP contribution in [0, 0.1) is 5.92 Å². The molecule has 0 spiro atoms. The lowest BCUT2D eigenvalue weighted by Gasteiger charge is -2.15. The van der Waals surface area contributed by atoms with Crippen LogP contribution < -0.4 is 5.32 Å². The zero-order valence-corrected chi connectivity index (χ0v) is 11.1. The van der Waals surface area contributed by atoms with E-state index in [0.717, 1.165) is 25.7 Å². The second kappa shape index (κ2) is 7.94. The van der Waals surface area contributed by atoms with Gasteiger partial charge in [-0.2, -0.15) is 0 Å². The molecule has 1 unspecified atom stereocenters. The molecule has 94 valence electrons. The van der Waals surface area contributed by atoms with Crippen LogP contribution in [-0.2, 0) is 4.79 Å². The van der Waals surface area contributed by atoms with E-state index in [1.54, 1.807) is 0 Å². The van der Waals surface area contributed by atoms with Crippen LogP contribution in [0.5, 0.6) is 0 Å². The second-order valence-corrected chi connectivity index (χ2v) is 5.44. The van der Waals surface area contributed by atoms with E-state index in [1.807, 2.05) is 0 Å². The van der Waals surface area contributed by atoms with Crippen molar-refractivity contribution in [3.8, 4) is 0 Å². The lowest BCUT2D eigenvalue weighted by Crippen LogP contribution is -2.34. The Kier molecular flexibility index (Phi) is 6.86. The highest BCUT2D eigenvalue weighted by atomic mass is 35.5. The predicted octanol–water partition coefficient (Wildman–Crippen LogP) is 3.48. The van der Waals surface area contributed by atoms with Gasteiger partial charge in [-0.15, -0.1) is 11.6 Å². The number of amides is 1. The van der Waals surface area contributed by atoms with Crippen LogP contribution in [0.4, 0.5) is 0 Å². The van der Waals surface area contributed by atoms with Gasteiger partial charge in [-0.25, -0.2) is 0 Å². The molecular formula is C13H24ClNO. The number of hydrogen-bond acceptors (Lipinski definition) is 1. The third kappa shape index (κ3) is 5.20. The Morgan fingerprint density at radius 1 is 1.31 bits per heavy atom. The van der Waals surface area contributed by atoms with Crippen LogP contribution >= 0.6 is 11.6 Å². The van der Waals surface area contributed by atoms with Gasteiger partial charge in [0.1, 0.15) is 0 Å². The van der Waals surface area contributed by atoms with Gasteiger partial charge in [0.2, 0.25) is 5.91 Å². The van der Waals surface area contributed by atoms with Gasteiger partial charge >= 0.3 is 0 Å². The Bertz CT molecular complexity index is 200. The molecule has 0 aromatic carbocycles. The average Bonchev–Trinajstić information content (AvgIpc) is 2.55. The molecule has 3 heteroatoms. The maximum atomic E-state index is 11.9. The minimum Gasteiger partial charge on any atom is -0.354 e. The first-order chi connectivity index (χ1) is 7.74. The molecule has 0 bridgehead atoms. The second-order valence-electron chi connectivity index (χ2n) is 4.82. The molecule has 0 heterocycles. The fraction of sp³-hybridized carbons (Fsp3) is 0.923. The minimum atomic E-state index is 0.0970. The first kappa shape index (κ1) is 13.8. The maximum Gasteiger partial charge on any atom is 0.223 e. The Hall–Kier alpha value is -0.240. The van der Waals surface area contributed by atoms with E-state index in [0.29, 0.717) is 6.54 Å². The number of hydrogen-bond donors (Lipinski definition) is 1. The molecule has 1 amide bonds. The zero-order valence-electron chi connectivity index (χ0n) is 10.3. The van der Waals surface area contributed by atoms with Crippen LogP contribution in [0.1, 0.15) is 58.3 Å². The number of alkyl halides is 1. The molecule has 1 fully saturated rings. The van der Waals surface area contributed by atoms with E-state index in [2.05, 4.69) is 12.2 Å². The van der Waals surface area contributed by atoms with Gasteiger partial charge in [-0.3, -0.25) is 4.79 Å². The predicted molar refractivity (Wildman–Crippen MR) is 68.8 cm³/mol. The first-order valence-corrected chi connectivity index (χ1v) is 7.09. The quantitative estimate of drug-likeness (QED) is 0.583. The molecular weight excluding hydrogens is 222 g/mol. The number of carbonyl (C=O) groups is 1. The van der Waals surface area contributed by atoms with Crippen molar-refractivity contribution >= 4 is 17.5 Å².